The molecule has 30 heavy (non-hydrogen) atoms. The molecule has 0 spiro atoms. The summed E-state index contributed by atoms with van der Waals surface area (Å²) in [5.41, 5.74) is 1.14. The first-order valence-electron chi connectivity index (χ1n) is 9.30. The first kappa shape index (κ1) is 19.6. The summed E-state index contributed by atoms with van der Waals surface area (Å²) in [6, 6.07) is 10.2. The van der Waals surface area contributed by atoms with Gasteiger partial charge in [-0.15, -0.1) is 0 Å². The largest absolute Gasteiger partial charge is 0.508 e. The summed E-state index contributed by atoms with van der Waals surface area (Å²) in [5.74, 6) is 0.146. The molecule has 156 valence electrons. The maximum absolute atomic E-state index is 13.2. The van der Waals surface area contributed by atoms with E-state index in [1.54, 1.807) is 38.4 Å². The van der Waals surface area contributed by atoms with Crippen molar-refractivity contribution in [3.05, 3.63) is 57.9 Å². The summed E-state index contributed by atoms with van der Waals surface area (Å²) in [6.07, 6.45) is -0.124. The summed E-state index contributed by atoms with van der Waals surface area (Å²) in [5, 5.41) is 11.4. The van der Waals surface area contributed by atoms with E-state index in [9.17, 15) is 14.7 Å². The molecule has 1 aliphatic rings. The number of aryl methyl sites for hydroxylation is 1. The van der Waals surface area contributed by atoms with Crippen LogP contribution in [0.1, 0.15) is 23.5 Å². The average molecular weight is 411 g/mol. The average Bonchev–Trinajstić information content (AvgIpc) is 3.21. The number of pyridine rings is 1. The van der Waals surface area contributed by atoms with Crippen LogP contribution in [0.5, 0.6) is 23.0 Å². The van der Waals surface area contributed by atoms with Crippen molar-refractivity contribution in [1.82, 2.24) is 4.57 Å². The number of phenols is 1. The van der Waals surface area contributed by atoms with Crippen LogP contribution in [0.4, 0.5) is 0 Å². The van der Waals surface area contributed by atoms with E-state index in [-0.39, 0.29) is 24.5 Å². The molecule has 4 rings (SSSR count). The van der Waals surface area contributed by atoms with E-state index in [1.165, 1.54) is 17.7 Å². The Morgan fingerprint density at radius 3 is 2.57 bits per heavy atom. The monoisotopic (exact) mass is 411 g/mol. The molecule has 1 N–H and O–H groups in total. The normalized spacial score (nSPS) is 13.3. The molecule has 1 aromatic heterocycles. The van der Waals surface area contributed by atoms with Crippen molar-refractivity contribution in [3.63, 3.8) is 0 Å². The SMILES string of the molecule is COC(=O)C[C@H](c1cc2c(cc1O)OCO2)c1cc2ccc(OC)cc2n(C)c1=O. The van der Waals surface area contributed by atoms with Gasteiger partial charge in [-0.05, 0) is 29.7 Å². The number of fused-ring (bicyclic) bond motifs is 2. The first-order chi connectivity index (χ1) is 14.4. The number of hydrogen-bond acceptors (Lipinski definition) is 7. The molecule has 0 radical (unpaired) electrons. The minimum absolute atomic E-state index is 0.0411. The van der Waals surface area contributed by atoms with E-state index in [1.807, 2.05) is 6.07 Å². The van der Waals surface area contributed by atoms with Crippen LogP contribution in [0.3, 0.4) is 0 Å². The molecule has 3 aromatic rings. The fourth-order valence-electron chi connectivity index (χ4n) is 3.71. The van der Waals surface area contributed by atoms with Gasteiger partial charge in [0.05, 0.1) is 26.2 Å². The van der Waals surface area contributed by atoms with E-state index < -0.39 is 11.9 Å². The molecule has 0 saturated heterocycles. The third-order valence-corrected chi connectivity index (χ3v) is 5.33. The van der Waals surface area contributed by atoms with E-state index in [4.69, 9.17) is 18.9 Å². The zero-order chi connectivity index (χ0) is 21.4. The van der Waals surface area contributed by atoms with Gasteiger partial charge in [-0.1, -0.05) is 0 Å². The second-order valence-electron chi connectivity index (χ2n) is 6.99. The molecular formula is C22H21NO7. The number of nitrogens with zero attached hydrogens (tertiary/aromatic N) is 1. The fraction of sp³-hybridized carbons (Fsp3) is 0.273. The number of hydrogen-bond donors (Lipinski definition) is 1. The molecule has 2 heterocycles. The van der Waals surface area contributed by atoms with Gasteiger partial charge in [0.1, 0.15) is 11.5 Å². The minimum atomic E-state index is -0.739. The highest BCUT2D eigenvalue weighted by atomic mass is 16.7. The third kappa shape index (κ3) is 3.30. The van der Waals surface area contributed by atoms with Gasteiger partial charge in [-0.3, -0.25) is 9.59 Å². The van der Waals surface area contributed by atoms with Crippen molar-refractivity contribution >= 4 is 16.9 Å². The topological polar surface area (TPSA) is 96.2 Å². The summed E-state index contributed by atoms with van der Waals surface area (Å²) in [7, 11) is 4.49. The van der Waals surface area contributed by atoms with Crippen LogP contribution in [0.2, 0.25) is 0 Å². The molecule has 0 saturated carbocycles. The number of carbonyl (C=O) groups is 1. The predicted molar refractivity (Wildman–Crippen MR) is 108 cm³/mol. The first-order valence-corrected chi connectivity index (χ1v) is 9.30. The number of methoxy groups -OCH3 is 2. The van der Waals surface area contributed by atoms with Crippen LogP contribution in [-0.2, 0) is 16.6 Å². The number of phenolic OH excluding ortho intramolecular Hbond substituents is 1. The molecule has 2 aromatic carbocycles. The minimum Gasteiger partial charge on any atom is -0.508 e. The van der Waals surface area contributed by atoms with Gasteiger partial charge in [0.15, 0.2) is 11.5 Å². The highest BCUT2D eigenvalue weighted by Gasteiger charge is 2.28. The van der Waals surface area contributed by atoms with Gasteiger partial charge in [0.25, 0.3) is 5.56 Å². The Kier molecular flexibility index (Phi) is 4.99. The van der Waals surface area contributed by atoms with Gasteiger partial charge in [0.2, 0.25) is 6.79 Å². The quantitative estimate of drug-likeness (QED) is 0.645. The fourth-order valence-corrected chi connectivity index (χ4v) is 3.71. The smallest absolute Gasteiger partial charge is 0.306 e. The van der Waals surface area contributed by atoms with Crippen molar-refractivity contribution in [2.24, 2.45) is 7.05 Å². The molecule has 8 heteroatoms. The van der Waals surface area contributed by atoms with E-state index in [0.717, 1.165) is 5.39 Å². The molecule has 0 aliphatic carbocycles. The van der Waals surface area contributed by atoms with Crippen molar-refractivity contribution in [3.8, 4) is 23.0 Å². The summed E-state index contributed by atoms with van der Waals surface area (Å²) in [6.45, 7) is 0.0411. The van der Waals surface area contributed by atoms with Crippen molar-refractivity contribution in [2.45, 2.75) is 12.3 Å². The highest BCUT2D eigenvalue weighted by molar-refractivity contribution is 5.82. The maximum Gasteiger partial charge on any atom is 0.306 e. The molecule has 0 amide bonds. The van der Waals surface area contributed by atoms with Crippen molar-refractivity contribution < 1.29 is 28.8 Å². The molecule has 1 atom stereocenters. The van der Waals surface area contributed by atoms with Crippen LogP contribution < -0.4 is 19.8 Å². The predicted octanol–water partition coefficient (Wildman–Crippen LogP) is 2.68. The van der Waals surface area contributed by atoms with Crippen LogP contribution in [0.25, 0.3) is 10.9 Å². The lowest BCUT2D eigenvalue weighted by molar-refractivity contribution is -0.140. The van der Waals surface area contributed by atoms with Crippen molar-refractivity contribution in [2.75, 3.05) is 21.0 Å². The Balaban J connectivity index is 1.92. The zero-order valence-corrected chi connectivity index (χ0v) is 16.8. The number of carbonyl (C=O) groups excluding carboxylic acids is 1. The Hall–Kier alpha value is -3.68. The number of benzene rings is 2. The maximum atomic E-state index is 13.2. The molecule has 8 nitrogen and oxygen atoms in total. The van der Waals surface area contributed by atoms with Gasteiger partial charge in [-0.2, -0.15) is 0 Å². The summed E-state index contributed by atoms with van der Waals surface area (Å²) < 4.78 is 22.3. The lowest BCUT2D eigenvalue weighted by atomic mass is 9.87. The highest BCUT2D eigenvalue weighted by Crippen LogP contribution is 2.43. The van der Waals surface area contributed by atoms with E-state index in [2.05, 4.69) is 0 Å². The number of esters is 1. The second-order valence-corrected chi connectivity index (χ2v) is 6.99. The Morgan fingerprint density at radius 2 is 1.87 bits per heavy atom. The number of ether oxygens (including phenoxy) is 4. The Bertz CT molecular complexity index is 1200. The number of aromatic hydroxyl groups is 1. The second kappa shape index (κ2) is 7.62. The van der Waals surface area contributed by atoms with Gasteiger partial charge in [-0.25, -0.2) is 0 Å². The van der Waals surface area contributed by atoms with Gasteiger partial charge >= 0.3 is 5.97 Å². The summed E-state index contributed by atoms with van der Waals surface area (Å²) >= 11 is 0. The molecular weight excluding hydrogens is 390 g/mol. The van der Waals surface area contributed by atoms with Crippen LogP contribution in [0, 0.1) is 0 Å². The summed E-state index contributed by atoms with van der Waals surface area (Å²) in [4.78, 5) is 25.4. The number of aromatic nitrogens is 1. The third-order valence-electron chi connectivity index (χ3n) is 5.33. The molecule has 0 fully saturated rings. The number of rotatable bonds is 5. The van der Waals surface area contributed by atoms with Crippen LogP contribution in [-0.4, -0.2) is 36.7 Å². The molecule has 0 bridgehead atoms. The standard InChI is InChI=1S/C22H21NO7/c1-23-17-7-13(27-2)5-4-12(17)6-16(22(23)26)14(9-21(25)28-3)15-8-19-20(10-18(15)24)30-11-29-19/h4-8,10,14,24H,9,11H2,1-3H3/t14-/m1/s1. The lowest BCUT2D eigenvalue weighted by Gasteiger charge is -2.20. The molecule has 1 aliphatic heterocycles. The molecule has 0 unspecified atom stereocenters. The zero-order valence-electron chi connectivity index (χ0n) is 16.8. The van der Waals surface area contributed by atoms with Crippen LogP contribution >= 0.6 is 0 Å². The Morgan fingerprint density at radius 1 is 1.13 bits per heavy atom. The Labute approximate surface area is 172 Å². The van der Waals surface area contributed by atoms with E-state index in [0.29, 0.717) is 33.9 Å². The van der Waals surface area contributed by atoms with Crippen LogP contribution in [0.15, 0.2) is 41.2 Å². The van der Waals surface area contributed by atoms with E-state index >= 15 is 0 Å². The van der Waals surface area contributed by atoms with Gasteiger partial charge < -0.3 is 28.6 Å². The van der Waals surface area contributed by atoms with Gasteiger partial charge in [0, 0.05) is 36.2 Å². The van der Waals surface area contributed by atoms with Crippen molar-refractivity contribution in [1.29, 1.82) is 0 Å². The lowest BCUT2D eigenvalue weighted by Crippen LogP contribution is -2.25.